The van der Waals surface area contributed by atoms with Gasteiger partial charge in [0, 0.05) is 37.9 Å². The van der Waals surface area contributed by atoms with Crippen molar-refractivity contribution in [1.82, 2.24) is 15.0 Å². The van der Waals surface area contributed by atoms with E-state index in [1.54, 1.807) is 12.4 Å². The van der Waals surface area contributed by atoms with Crippen molar-refractivity contribution in [2.75, 3.05) is 0 Å². The van der Waals surface area contributed by atoms with Gasteiger partial charge in [0.15, 0.2) is 0 Å². The molecule has 3 heterocycles. The van der Waals surface area contributed by atoms with Crippen molar-refractivity contribution in [2.45, 2.75) is 6.92 Å². The summed E-state index contributed by atoms with van der Waals surface area (Å²) in [4.78, 5) is 13.3. The van der Waals surface area contributed by atoms with E-state index in [4.69, 9.17) is 4.98 Å². The first-order valence-corrected chi connectivity index (χ1v) is 11.6. The Labute approximate surface area is 224 Å². The molecule has 0 bridgehead atoms. The summed E-state index contributed by atoms with van der Waals surface area (Å²) in [5.74, 6) is 0. The van der Waals surface area contributed by atoms with E-state index in [2.05, 4.69) is 83.6 Å². The van der Waals surface area contributed by atoms with E-state index in [1.165, 1.54) is 33.2 Å². The monoisotopic (exact) mass is 641 g/mol. The summed E-state index contributed by atoms with van der Waals surface area (Å²) in [5.41, 5.74) is 11.3. The second-order valence-electron chi connectivity index (χ2n) is 8.51. The Morgan fingerprint density at radius 2 is 1.22 bits per heavy atom. The van der Waals surface area contributed by atoms with Crippen LogP contribution in [0.3, 0.4) is 0 Å². The maximum Gasteiger partial charge on any atom is 0.0886 e. The van der Waals surface area contributed by atoms with E-state index in [0.717, 1.165) is 28.2 Å². The van der Waals surface area contributed by atoms with Gasteiger partial charge in [-0.25, -0.2) is 0 Å². The fraction of sp³-hybridized carbons (Fsp3) is 0.0312. The van der Waals surface area contributed by atoms with Crippen molar-refractivity contribution >= 4 is 10.9 Å². The van der Waals surface area contributed by atoms with Crippen molar-refractivity contribution in [3.8, 4) is 44.9 Å². The molecule has 0 unspecified atom stereocenters. The minimum absolute atomic E-state index is 0. The first-order chi connectivity index (χ1) is 17.3. The quantitative estimate of drug-likeness (QED) is 0.181. The van der Waals surface area contributed by atoms with Gasteiger partial charge >= 0.3 is 0 Å². The summed E-state index contributed by atoms with van der Waals surface area (Å²) in [6, 6.07) is 38.4. The Kier molecular flexibility index (Phi) is 6.81. The fourth-order valence-corrected chi connectivity index (χ4v) is 4.51. The molecule has 1 aliphatic carbocycles. The molecular weight excluding hydrogens is 619 g/mol. The number of aromatic nitrogens is 3. The van der Waals surface area contributed by atoms with E-state index in [0.29, 0.717) is 0 Å². The smallest absolute Gasteiger partial charge is 0.0886 e. The Morgan fingerprint density at radius 3 is 1.83 bits per heavy atom. The normalized spacial score (nSPS) is 10.7. The second-order valence-corrected chi connectivity index (χ2v) is 8.51. The third kappa shape index (κ3) is 4.49. The summed E-state index contributed by atoms with van der Waals surface area (Å²) >= 11 is 0. The van der Waals surface area contributed by atoms with Gasteiger partial charge in [-0.3, -0.25) is 15.0 Å². The number of rotatable bonds is 2. The van der Waals surface area contributed by atoms with Gasteiger partial charge < -0.3 is 0 Å². The molecule has 175 valence electrons. The Bertz CT molecular complexity index is 1590. The molecule has 3 nitrogen and oxygen atoms in total. The molecule has 1 radical (unpaired) electrons. The van der Waals surface area contributed by atoms with Crippen LogP contribution in [0, 0.1) is 13.0 Å². The van der Waals surface area contributed by atoms with Crippen molar-refractivity contribution < 1.29 is 20.1 Å². The van der Waals surface area contributed by atoms with Crippen molar-refractivity contribution in [3.63, 3.8) is 0 Å². The van der Waals surface area contributed by atoms with Crippen LogP contribution in [0.2, 0.25) is 0 Å². The van der Waals surface area contributed by atoms with Crippen LogP contribution in [0.15, 0.2) is 116 Å². The minimum Gasteiger partial charge on any atom is -0.296 e. The summed E-state index contributed by atoms with van der Waals surface area (Å²) in [6.45, 7) is 2.08. The molecule has 0 saturated carbocycles. The SMILES string of the molecule is Cc1c[c-]c(-c2cc3c4c(cccc4n2)-c2ccccc2-3)cc1.[Ir].c1ccc(-c2ccccn2)nc1. The zero-order chi connectivity index (χ0) is 23.6. The van der Waals surface area contributed by atoms with Crippen LogP contribution >= 0.6 is 0 Å². The van der Waals surface area contributed by atoms with Crippen LogP contribution in [0.25, 0.3) is 55.8 Å². The van der Waals surface area contributed by atoms with Crippen molar-refractivity contribution in [1.29, 1.82) is 0 Å². The molecule has 3 aromatic carbocycles. The molecule has 7 rings (SSSR count). The summed E-state index contributed by atoms with van der Waals surface area (Å²) in [6.07, 6.45) is 3.54. The van der Waals surface area contributed by atoms with Crippen molar-refractivity contribution in [3.05, 3.63) is 127 Å². The van der Waals surface area contributed by atoms with E-state index in [9.17, 15) is 0 Å². The standard InChI is InChI=1S/C22H14N.C10H8N2.Ir/c1-14-9-11-15(12-10-14)21-13-19-17-6-3-2-5-16(17)18-7-4-8-20(23-21)22(18)19;1-3-7-11-9(5-1)10-6-2-4-8-12-10;/h2-11,13H,1H3;1-8H;/q-1;;. The molecule has 0 aliphatic heterocycles. The molecule has 1 aliphatic rings. The minimum atomic E-state index is 0. The van der Waals surface area contributed by atoms with Gasteiger partial charge in [-0.1, -0.05) is 61.5 Å². The van der Waals surface area contributed by atoms with Crippen LogP contribution in [-0.4, -0.2) is 15.0 Å². The van der Waals surface area contributed by atoms with Crippen LogP contribution in [-0.2, 0) is 20.1 Å². The van der Waals surface area contributed by atoms with E-state index < -0.39 is 0 Å². The first-order valence-electron chi connectivity index (χ1n) is 11.6. The van der Waals surface area contributed by atoms with Gasteiger partial charge in [0.25, 0.3) is 0 Å². The molecule has 4 heteroatoms. The van der Waals surface area contributed by atoms with Gasteiger partial charge in [0.2, 0.25) is 0 Å². The molecule has 0 N–H and O–H groups in total. The zero-order valence-electron chi connectivity index (χ0n) is 19.6. The fourth-order valence-electron chi connectivity index (χ4n) is 4.51. The number of pyridine rings is 3. The second kappa shape index (κ2) is 10.3. The molecule has 3 aromatic heterocycles. The summed E-state index contributed by atoms with van der Waals surface area (Å²) < 4.78 is 0. The molecular formula is C32H22IrN3-. The predicted molar refractivity (Wildman–Crippen MR) is 143 cm³/mol. The largest absolute Gasteiger partial charge is 0.296 e. The van der Waals surface area contributed by atoms with Crippen LogP contribution < -0.4 is 0 Å². The summed E-state index contributed by atoms with van der Waals surface area (Å²) in [5, 5.41) is 1.27. The predicted octanol–water partition coefficient (Wildman–Crippen LogP) is 7.80. The molecule has 0 atom stereocenters. The topological polar surface area (TPSA) is 38.7 Å². The first kappa shape index (κ1) is 23.7. The number of hydrogen-bond acceptors (Lipinski definition) is 3. The van der Waals surface area contributed by atoms with Gasteiger partial charge in [-0.05, 0) is 58.3 Å². The third-order valence-electron chi connectivity index (χ3n) is 6.18. The Morgan fingerprint density at radius 1 is 0.583 bits per heavy atom. The van der Waals surface area contributed by atoms with Gasteiger partial charge in [-0.2, -0.15) is 0 Å². The molecule has 0 fully saturated rings. The van der Waals surface area contributed by atoms with Crippen LogP contribution in [0.4, 0.5) is 0 Å². The zero-order valence-corrected chi connectivity index (χ0v) is 22.0. The Hall–Kier alpha value is -3.98. The van der Waals surface area contributed by atoms with E-state index >= 15 is 0 Å². The van der Waals surface area contributed by atoms with Gasteiger partial charge in [-0.15, -0.1) is 35.4 Å². The van der Waals surface area contributed by atoms with Gasteiger partial charge in [0.05, 0.1) is 16.9 Å². The van der Waals surface area contributed by atoms with Crippen LogP contribution in [0.1, 0.15) is 5.56 Å². The number of fused-ring (bicyclic) bond motifs is 3. The van der Waals surface area contributed by atoms with Gasteiger partial charge in [0.1, 0.15) is 0 Å². The number of aryl methyl sites for hydroxylation is 1. The van der Waals surface area contributed by atoms with E-state index in [1.807, 2.05) is 42.5 Å². The molecule has 6 aromatic rings. The number of nitrogens with zero attached hydrogens (tertiary/aromatic N) is 3. The molecule has 0 spiro atoms. The third-order valence-corrected chi connectivity index (χ3v) is 6.18. The number of hydrogen-bond donors (Lipinski definition) is 0. The van der Waals surface area contributed by atoms with E-state index in [-0.39, 0.29) is 20.1 Å². The average molecular weight is 641 g/mol. The molecule has 36 heavy (non-hydrogen) atoms. The molecule has 0 amide bonds. The van der Waals surface area contributed by atoms with Crippen molar-refractivity contribution in [2.24, 2.45) is 0 Å². The Balaban J connectivity index is 0.000000175. The summed E-state index contributed by atoms with van der Waals surface area (Å²) in [7, 11) is 0. The number of benzene rings is 3. The van der Waals surface area contributed by atoms with Crippen LogP contribution in [0.5, 0.6) is 0 Å². The maximum atomic E-state index is 4.89. The average Bonchev–Trinajstić information content (AvgIpc) is 3.26. The maximum absolute atomic E-state index is 4.89. The molecule has 0 saturated heterocycles.